The first-order valence-corrected chi connectivity index (χ1v) is 7.97. The highest BCUT2D eigenvalue weighted by Gasteiger charge is 2.39. The molecule has 2 saturated heterocycles. The van der Waals surface area contributed by atoms with Crippen LogP contribution in [0.15, 0.2) is 22.7 Å². The van der Waals surface area contributed by atoms with Gasteiger partial charge >= 0.3 is 6.09 Å². The van der Waals surface area contributed by atoms with E-state index in [1.165, 1.54) is 31.0 Å². The number of halogens is 2. The Labute approximate surface area is 131 Å². The molecule has 1 N–H and O–H groups in total. The third-order valence-corrected chi connectivity index (χ3v) is 5.17. The molecule has 2 fully saturated rings. The molecule has 21 heavy (non-hydrogen) atoms. The molecule has 114 valence electrons. The van der Waals surface area contributed by atoms with Crippen LogP contribution in [0.5, 0.6) is 5.75 Å². The monoisotopic (exact) mass is 356 g/mol. The van der Waals surface area contributed by atoms with Crippen LogP contribution in [0.4, 0.5) is 9.18 Å². The summed E-state index contributed by atoms with van der Waals surface area (Å²) in [5.41, 5.74) is 0. The summed E-state index contributed by atoms with van der Waals surface area (Å²) in [7, 11) is 2.15. The maximum absolute atomic E-state index is 13.2. The van der Waals surface area contributed by atoms with Crippen LogP contribution in [0.25, 0.3) is 0 Å². The smallest absolute Gasteiger partial charge is 0.409 e. The lowest BCUT2D eigenvalue weighted by Crippen LogP contribution is -2.49. The van der Waals surface area contributed by atoms with Gasteiger partial charge in [-0.1, -0.05) is 0 Å². The maximum Gasteiger partial charge on any atom is 0.412 e. The average molecular weight is 357 g/mol. The molecular weight excluding hydrogens is 339 g/mol. The standard InChI is InChI=1S/C15H18BrFN2O2/c1-19-11-3-4-12(19)8-10(7-11)18-15(20)21-14-6-9(17)2-5-13(14)16/h2,5-6,10-12H,3-4,7-8H2,1H3,(H,18,20). The van der Waals surface area contributed by atoms with E-state index >= 15 is 0 Å². The van der Waals surface area contributed by atoms with Crippen LogP contribution in [0.3, 0.4) is 0 Å². The number of ether oxygens (including phenoxy) is 1. The quantitative estimate of drug-likeness (QED) is 0.883. The topological polar surface area (TPSA) is 41.6 Å². The van der Waals surface area contributed by atoms with E-state index in [4.69, 9.17) is 4.74 Å². The van der Waals surface area contributed by atoms with Gasteiger partial charge in [-0.2, -0.15) is 0 Å². The van der Waals surface area contributed by atoms with Gasteiger partial charge < -0.3 is 15.0 Å². The second-order valence-corrected chi connectivity index (χ2v) is 6.68. The third kappa shape index (κ3) is 3.21. The van der Waals surface area contributed by atoms with Gasteiger partial charge in [0.25, 0.3) is 0 Å². The summed E-state index contributed by atoms with van der Waals surface area (Å²) in [6.45, 7) is 0. The van der Waals surface area contributed by atoms with Crippen LogP contribution in [0.2, 0.25) is 0 Å². The summed E-state index contributed by atoms with van der Waals surface area (Å²) in [5, 5.41) is 2.90. The van der Waals surface area contributed by atoms with E-state index in [2.05, 4.69) is 33.2 Å². The summed E-state index contributed by atoms with van der Waals surface area (Å²) in [6, 6.07) is 5.27. The molecule has 2 bridgehead atoms. The molecule has 0 spiro atoms. The minimum atomic E-state index is -0.518. The molecule has 6 heteroatoms. The Balaban J connectivity index is 1.59. The van der Waals surface area contributed by atoms with Crippen molar-refractivity contribution in [2.24, 2.45) is 0 Å². The number of nitrogens with one attached hydrogen (secondary N) is 1. The molecule has 2 unspecified atom stereocenters. The number of amides is 1. The number of piperidine rings is 1. The first kappa shape index (κ1) is 14.8. The largest absolute Gasteiger partial charge is 0.412 e. The number of carbonyl (C=O) groups excluding carboxylic acids is 1. The van der Waals surface area contributed by atoms with E-state index in [9.17, 15) is 9.18 Å². The zero-order valence-electron chi connectivity index (χ0n) is 11.8. The predicted octanol–water partition coefficient (Wildman–Crippen LogP) is 3.30. The minimum Gasteiger partial charge on any atom is -0.409 e. The molecule has 2 aliphatic rings. The van der Waals surface area contributed by atoms with Crippen LogP contribution in [0.1, 0.15) is 25.7 Å². The molecule has 0 aliphatic carbocycles. The van der Waals surface area contributed by atoms with Gasteiger partial charge in [0.05, 0.1) is 4.47 Å². The van der Waals surface area contributed by atoms with E-state index in [1.54, 1.807) is 0 Å². The maximum atomic E-state index is 13.2. The van der Waals surface area contributed by atoms with Gasteiger partial charge in [0.2, 0.25) is 0 Å². The highest BCUT2D eigenvalue weighted by Crippen LogP contribution is 2.34. The van der Waals surface area contributed by atoms with Gasteiger partial charge in [-0.15, -0.1) is 0 Å². The Kier molecular flexibility index (Phi) is 4.17. The van der Waals surface area contributed by atoms with Crippen molar-refractivity contribution in [2.75, 3.05) is 7.05 Å². The minimum absolute atomic E-state index is 0.138. The number of carbonyl (C=O) groups is 1. The Morgan fingerprint density at radius 2 is 2.05 bits per heavy atom. The van der Waals surface area contributed by atoms with Crippen LogP contribution in [-0.4, -0.2) is 36.2 Å². The third-order valence-electron chi connectivity index (χ3n) is 4.52. The molecule has 1 amide bonds. The van der Waals surface area contributed by atoms with Crippen LogP contribution >= 0.6 is 15.9 Å². The number of fused-ring (bicyclic) bond motifs is 2. The van der Waals surface area contributed by atoms with E-state index in [0.717, 1.165) is 12.8 Å². The zero-order valence-corrected chi connectivity index (χ0v) is 13.4. The number of nitrogens with zero attached hydrogens (tertiary/aromatic N) is 1. The van der Waals surface area contributed by atoms with E-state index in [0.29, 0.717) is 16.6 Å². The Hall–Kier alpha value is -1.14. The lowest BCUT2D eigenvalue weighted by atomic mass is 9.98. The fraction of sp³-hybridized carbons (Fsp3) is 0.533. The second kappa shape index (κ2) is 5.93. The summed E-state index contributed by atoms with van der Waals surface area (Å²) in [6.07, 6.45) is 3.78. The van der Waals surface area contributed by atoms with Gasteiger partial charge in [0.1, 0.15) is 11.6 Å². The molecule has 2 heterocycles. The molecular formula is C15H18BrFN2O2. The lowest BCUT2D eigenvalue weighted by molar-refractivity contribution is 0.141. The van der Waals surface area contributed by atoms with Crippen molar-refractivity contribution in [3.8, 4) is 5.75 Å². The lowest BCUT2D eigenvalue weighted by Gasteiger charge is -2.36. The number of hydrogen-bond acceptors (Lipinski definition) is 3. The van der Waals surface area contributed by atoms with Crippen molar-refractivity contribution < 1.29 is 13.9 Å². The Bertz CT molecular complexity index is 540. The molecule has 1 aromatic carbocycles. The average Bonchev–Trinajstić information content (AvgIpc) is 2.65. The van der Waals surface area contributed by atoms with Gasteiger partial charge in [-0.05, 0) is 60.8 Å². The highest BCUT2D eigenvalue weighted by atomic mass is 79.9. The van der Waals surface area contributed by atoms with E-state index in [1.807, 2.05) is 0 Å². The molecule has 2 aliphatic heterocycles. The molecule has 3 rings (SSSR count). The Morgan fingerprint density at radius 3 is 2.71 bits per heavy atom. The van der Waals surface area contributed by atoms with Crippen molar-refractivity contribution in [3.63, 3.8) is 0 Å². The number of rotatable bonds is 2. The first-order valence-electron chi connectivity index (χ1n) is 7.18. The zero-order chi connectivity index (χ0) is 15.0. The van der Waals surface area contributed by atoms with Gasteiger partial charge in [-0.3, -0.25) is 0 Å². The summed E-state index contributed by atoms with van der Waals surface area (Å²) in [4.78, 5) is 14.4. The van der Waals surface area contributed by atoms with Crippen molar-refractivity contribution in [2.45, 2.75) is 43.8 Å². The molecule has 4 nitrogen and oxygen atoms in total. The summed E-state index contributed by atoms with van der Waals surface area (Å²) >= 11 is 3.24. The number of hydrogen-bond donors (Lipinski definition) is 1. The van der Waals surface area contributed by atoms with Crippen LogP contribution < -0.4 is 10.1 Å². The fourth-order valence-corrected chi connectivity index (χ4v) is 3.71. The van der Waals surface area contributed by atoms with Crippen LogP contribution in [-0.2, 0) is 0 Å². The van der Waals surface area contributed by atoms with Crippen molar-refractivity contribution in [1.29, 1.82) is 0 Å². The molecule has 1 aromatic rings. The summed E-state index contributed by atoms with van der Waals surface area (Å²) in [5.74, 6) is -0.235. The van der Waals surface area contributed by atoms with Gasteiger partial charge in [0, 0.05) is 24.2 Å². The first-order chi connectivity index (χ1) is 10.0. The second-order valence-electron chi connectivity index (χ2n) is 5.83. The van der Waals surface area contributed by atoms with Crippen molar-refractivity contribution >= 4 is 22.0 Å². The van der Waals surface area contributed by atoms with E-state index < -0.39 is 11.9 Å². The molecule has 2 atom stereocenters. The normalized spacial score (nSPS) is 28.4. The van der Waals surface area contributed by atoms with E-state index in [-0.39, 0.29) is 11.8 Å². The molecule has 0 aromatic heterocycles. The van der Waals surface area contributed by atoms with Gasteiger partial charge in [-0.25, -0.2) is 9.18 Å². The fourth-order valence-electron chi connectivity index (χ4n) is 3.38. The highest BCUT2D eigenvalue weighted by molar-refractivity contribution is 9.10. The van der Waals surface area contributed by atoms with Crippen molar-refractivity contribution in [3.05, 3.63) is 28.5 Å². The molecule has 0 saturated carbocycles. The summed E-state index contributed by atoms with van der Waals surface area (Å²) < 4.78 is 18.9. The van der Waals surface area contributed by atoms with Crippen LogP contribution in [0, 0.1) is 5.82 Å². The SMILES string of the molecule is CN1C2CCC1CC(NC(=O)Oc1cc(F)ccc1Br)C2. The molecule has 0 radical (unpaired) electrons. The van der Waals surface area contributed by atoms with Gasteiger partial charge in [0.15, 0.2) is 0 Å². The predicted molar refractivity (Wildman–Crippen MR) is 80.9 cm³/mol. The Morgan fingerprint density at radius 1 is 1.38 bits per heavy atom. The number of benzene rings is 1. The van der Waals surface area contributed by atoms with Crippen molar-refractivity contribution in [1.82, 2.24) is 10.2 Å².